The highest BCUT2D eigenvalue weighted by molar-refractivity contribution is 5.90. The van der Waals surface area contributed by atoms with Crippen LogP contribution in [0.3, 0.4) is 0 Å². The molecule has 0 aromatic heterocycles. The number of carbonyl (C=O) groups excluding carboxylic acids is 3. The summed E-state index contributed by atoms with van der Waals surface area (Å²) in [5.41, 5.74) is 5.22. The lowest BCUT2D eigenvalue weighted by Crippen LogP contribution is -2.46. The Balaban J connectivity index is 2.67. The summed E-state index contributed by atoms with van der Waals surface area (Å²) in [7, 11) is 0. The van der Waals surface area contributed by atoms with E-state index < -0.39 is 0 Å². The van der Waals surface area contributed by atoms with Crippen LogP contribution in [-0.2, 0) is 14.4 Å². The minimum absolute atomic E-state index is 0.0507. The number of nitrogens with two attached hydrogens (primary N) is 1. The van der Waals surface area contributed by atoms with Crippen LogP contribution < -0.4 is 11.1 Å². The van der Waals surface area contributed by atoms with Crippen molar-refractivity contribution in [3.63, 3.8) is 0 Å². The van der Waals surface area contributed by atoms with Gasteiger partial charge in [0.1, 0.15) is 0 Å². The van der Waals surface area contributed by atoms with E-state index in [4.69, 9.17) is 5.73 Å². The van der Waals surface area contributed by atoms with Gasteiger partial charge in [-0.3, -0.25) is 14.4 Å². The topological polar surface area (TPSA) is 92.5 Å². The zero-order valence-corrected chi connectivity index (χ0v) is 13.1. The Kier molecular flexibility index (Phi) is 7.36. The predicted octanol–water partition coefficient (Wildman–Crippen LogP) is 0.448. The van der Waals surface area contributed by atoms with Gasteiger partial charge in [0.15, 0.2) is 5.78 Å². The number of amides is 2. The molecule has 0 aliphatic carbocycles. The molecule has 0 bridgehead atoms. The number of primary amides is 1. The minimum atomic E-state index is -0.389. The fourth-order valence-corrected chi connectivity index (χ4v) is 2.56. The van der Waals surface area contributed by atoms with E-state index in [1.165, 1.54) is 0 Å². The number of carbonyl (C=O) groups is 3. The van der Waals surface area contributed by atoms with Crippen molar-refractivity contribution < 1.29 is 14.4 Å². The van der Waals surface area contributed by atoms with Gasteiger partial charge < -0.3 is 16.0 Å². The van der Waals surface area contributed by atoms with Crippen molar-refractivity contribution in [2.75, 3.05) is 19.6 Å². The molecule has 0 radical (unpaired) electrons. The van der Waals surface area contributed by atoms with E-state index >= 15 is 0 Å². The number of Topliss-reactive ketones (excluding diaryl/α,β-unsaturated/α-hetero) is 1. The first-order valence-electron chi connectivity index (χ1n) is 7.79. The summed E-state index contributed by atoms with van der Waals surface area (Å²) in [6, 6.07) is -0.323. The zero-order valence-electron chi connectivity index (χ0n) is 13.1. The van der Waals surface area contributed by atoms with Crippen LogP contribution in [-0.4, -0.2) is 48.2 Å². The van der Waals surface area contributed by atoms with E-state index in [-0.39, 0.29) is 36.0 Å². The van der Waals surface area contributed by atoms with Crippen LogP contribution >= 0.6 is 0 Å². The predicted molar refractivity (Wildman–Crippen MR) is 80.5 cm³/mol. The van der Waals surface area contributed by atoms with Gasteiger partial charge >= 0.3 is 0 Å². The molecule has 1 heterocycles. The second-order valence-electron chi connectivity index (χ2n) is 5.73. The van der Waals surface area contributed by atoms with Gasteiger partial charge in [0.05, 0.1) is 12.6 Å². The van der Waals surface area contributed by atoms with E-state index in [1.54, 1.807) is 11.8 Å². The molecule has 1 aliphatic rings. The third-order valence-electron chi connectivity index (χ3n) is 3.94. The highest BCUT2D eigenvalue weighted by atomic mass is 16.2. The van der Waals surface area contributed by atoms with Crippen LogP contribution in [0.25, 0.3) is 0 Å². The number of nitrogens with zero attached hydrogens (tertiary/aromatic N) is 1. The molecule has 6 nitrogen and oxygen atoms in total. The van der Waals surface area contributed by atoms with E-state index in [2.05, 4.69) is 5.32 Å². The number of hydrogen-bond acceptors (Lipinski definition) is 4. The van der Waals surface area contributed by atoms with Crippen LogP contribution in [0, 0.1) is 5.92 Å². The Labute approximate surface area is 126 Å². The van der Waals surface area contributed by atoms with Gasteiger partial charge in [0.2, 0.25) is 11.8 Å². The number of rotatable bonds is 7. The summed E-state index contributed by atoms with van der Waals surface area (Å²) in [4.78, 5) is 37.3. The van der Waals surface area contributed by atoms with Gasteiger partial charge in [-0.15, -0.1) is 0 Å². The van der Waals surface area contributed by atoms with Crippen LogP contribution in [0.1, 0.15) is 46.0 Å². The maximum Gasteiger partial charge on any atom is 0.223 e. The molecule has 6 heteroatoms. The summed E-state index contributed by atoms with van der Waals surface area (Å²) in [5, 5.41) is 3.08. The molecule has 0 aromatic rings. The van der Waals surface area contributed by atoms with Crippen molar-refractivity contribution in [1.82, 2.24) is 10.2 Å². The Hall–Kier alpha value is -1.43. The number of ketones is 1. The van der Waals surface area contributed by atoms with E-state index in [9.17, 15) is 14.4 Å². The molecular weight excluding hydrogens is 270 g/mol. The van der Waals surface area contributed by atoms with Gasteiger partial charge in [-0.2, -0.15) is 0 Å². The standard InChI is InChI=1S/C15H27N3O3/c1-3-9-18(12-5-4-8-17-10-13(12)19)14(20)7-6-11(2)15(16)21/h11-12,17H,3-10H2,1-2H3,(H2,16,21)/t11?,12-/m0/s1. The highest BCUT2D eigenvalue weighted by Gasteiger charge is 2.29. The van der Waals surface area contributed by atoms with Crippen molar-refractivity contribution in [1.29, 1.82) is 0 Å². The summed E-state index contributed by atoms with van der Waals surface area (Å²) in [6.45, 7) is 5.44. The van der Waals surface area contributed by atoms with Crippen molar-refractivity contribution >= 4 is 17.6 Å². The van der Waals surface area contributed by atoms with Gasteiger partial charge in [0, 0.05) is 18.9 Å². The second kappa shape index (κ2) is 8.77. The molecule has 21 heavy (non-hydrogen) atoms. The first-order chi connectivity index (χ1) is 9.97. The number of nitrogens with one attached hydrogen (secondary N) is 1. The molecule has 3 N–H and O–H groups in total. The van der Waals surface area contributed by atoms with Gasteiger partial charge in [-0.05, 0) is 32.2 Å². The molecule has 1 aliphatic heterocycles. The van der Waals surface area contributed by atoms with E-state index in [0.29, 0.717) is 25.9 Å². The maximum absolute atomic E-state index is 12.4. The molecule has 2 atom stereocenters. The summed E-state index contributed by atoms with van der Waals surface area (Å²) >= 11 is 0. The van der Waals surface area contributed by atoms with Crippen LogP contribution in [0.4, 0.5) is 0 Å². The first-order valence-corrected chi connectivity index (χ1v) is 7.79. The fourth-order valence-electron chi connectivity index (χ4n) is 2.56. The lowest BCUT2D eigenvalue weighted by molar-refractivity contribution is -0.139. The van der Waals surface area contributed by atoms with Crippen LogP contribution in [0.2, 0.25) is 0 Å². The van der Waals surface area contributed by atoms with Crippen molar-refractivity contribution in [2.45, 2.75) is 52.0 Å². The van der Waals surface area contributed by atoms with Crippen LogP contribution in [0.15, 0.2) is 0 Å². The van der Waals surface area contributed by atoms with Crippen molar-refractivity contribution in [2.24, 2.45) is 11.7 Å². The van der Waals surface area contributed by atoms with E-state index in [1.807, 2.05) is 6.92 Å². The molecule has 1 fully saturated rings. The molecule has 1 saturated heterocycles. The first kappa shape index (κ1) is 17.6. The van der Waals surface area contributed by atoms with Crippen LogP contribution in [0.5, 0.6) is 0 Å². The summed E-state index contributed by atoms with van der Waals surface area (Å²) in [5.74, 6) is -0.675. The highest BCUT2D eigenvalue weighted by Crippen LogP contribution is 2.15. The number of hydrogen-bond donors (Lipinski definition) is 2. The average molecular weight is 297 g/mol. The third-order valence-corrected chi connectivity index (χ3v) is 3.94. The normalized spacial score (nSPS) is 20.7. The Morgan fingerprint density at radius 2 is 2.19 bits per heavy atom. The van der Waals surface area contributed by atoms with Crippen molar-refractivity contribution in [3.8, 4) is 0 Å². The fraction of sp³-hybridized carbons (Fsp3) is 0.800. The molecule has 1 rings (SSSR count). The zero-order chi connectivity index (χ0) is 15.8. The van der Waals surface area contributed by atoms with Gasteiger partial charge in [-0.25, -0.2) is 0 Å². The summed E-state index contributed by atoms with van der Waals surface area (Å²) in [6.07, 6.45) is 3.12. The largest absolute Gasteiger partial charge is 0.369 e. The van der Waals surface area contributed by atoms with E-state index in [0.717, 1.165) is 19.4 Å². The third kappa shape index (κ3) is 5.46. The lowest BCUT2D eigenvalue weighted by Gasteiger charge is -2.30. The Morgan fingerprint density at radius 3 is 2.81 bits per heavy atom. The maximum atomic E-state index is 12.4. The smallest absolute Gasteiger partial charge is 0.223 e. The molecule has 2 amide bonds. The van der Waals surface area contributed by atoms with Gasteiger partial charge in [0.25, 0.3) is 0 Å². The molecular formula is C15H27N3O3. The van der Waals surface area contributed by atoms with Crippen molar-refractivity contribution in [3.05, 3.63) is 0 Å². The lowest BCUT2D eigenvalue weighted by atomic mass is 10.0. The molecule has 0 spiro atoms. The van der Waals surface area contributed by atoms with Gasteiger partial charge in [-0.1, -0.05) is 13.8 Å². The monoisotopic (exact) mass is 297 g/mol. The molecule has 0 aromatic carbocycles. The molecule has 1 unspecified atom stereocenters. The summed E-state index contributed by atoms with van der Waals surface area (Å²) < 4.78 is 0. The Bertz CT molecular complexity index is 384. The second-order valence-corrected chi connectivity index (χ2v) is 5.73. The molecule has 120 valence electrons. The quantitative estimate of drug-likeness (QED) is 0.713. The Morgan fingerprint density at radius 1 is 1.48 bits per heavy atom. The average Bonchev–Trinajstić information content (AvgIpc) is 2.66. The minimum Gasteiger partial charge on any atom is -0.369 e. The molecule has 0 saturated carbocycles. The SMILES string of the molecule is CCCN(C(=O)CCC(C)C(N)=O)[C@H]1CCCNCC1=O.